The van der Waals surface area contributed by atoms with Crippen molar-refractivity contribution in [1.29, 1.82) is 0 Å². The van der Waals surface area contributed by atoms with E-state index in [1.165, 1.54) is 31.3 Å². The first-order chi connectivity index (χ1) is 14.9. The van der Waals surface area contributed by atoms with Gasteiger partial charge < -0.3 is 10.0 Å². The van der Waals surface area contributed by atoms with Gasteiger partial charge in [0.2, 0.25) is 0 Å². The van der Waals surface area contributed by atoms with E-state index in [1.54, 1.807) is 0 Å². The molecule has 0 aliphatic heterocycles. The summed E-state index contributed by atoms with van der Waals surface area (Å²) in [7, 11) is 1.32. The normalized spacial score (nSPS) is 14.6. The van der Waals surface area contributed by atoms with E-state index in [1.807, 2.05) is 0 Å². The zero-order valence-corrected chi connectivity index (χ0v) is 17.0. The molecule has 0 saturated heterocycles. The minimum Gasteiger partial charge on any atom is -0.381 e. The molecule has 0 bridgehead atoms. The lowest BCUT2D eigenvalue weighted by Gasteiger charge is -2.39. The lowest BCUT2D eigenvalue weighted by atomic mass is 9.85. The highest BCUT2D eigenvalue weighted by atomic mass is 19.4. The third-order valence-corrected chi connectivity index (χ3v) is 5.32. The van der Waals surface area contributed by atoms with Crippen molar-refractivity contribution >= 4 is 5.91 Å². The highest BCUT2D eigenvalue weighted by molar-refractivity contribution is 5.94. The topological polar surface area (TPSA) is 71.2 Å². The third-order valence-electron chi connectivity index (χ3n) is 5.32. The first-order valence-corrected chi connectivity index (χ1v) is 9.38. The van der Waals surface area contributed by atoms with Crippen LogP contribution in [0, 0.1) is 11.6 Å². The summed E-state index contributed by atoms with van der Waals surface area (Å²) < 4.78 is 67.7. The van der Waals surface area contributed by atoms with Crippen molar-refractivity contribution in [3.05, 3.63) is 83.4 Å². The van der Waals surface area contributed by atoms with Crippen LogP contribution in [0.2, 0.25) is 0 Å². The zero-order valence-electron chi connectivity index (χ0n) is 17.0. The fraction of sp³-hybridized carbons (Fsp3) is 0.286. The van der Waals surface area contributed by atoms with Crippen molar-refractivity contribution < 1.29 is 31.9 Å². The molecular weight excluding hydrogens is 435 g/mol. The van der Waals surface area contributed by atoms with E-state index in [4.69, 9.17) is 0 Å². The number of halogens is 5. The largest absolute Gasteiger partial charge is 0.416 e. The Bertz CT molecular complexity index is 1090. The van der Waals surface area contributed by atoms with Crippen LogP contribution in [-0.2, 0) is 18.3 Å². The predicted octanol–water partition coefficient (Wildman–Crippen LogP) is 3.62. The third kappa shape index (κ3) is 4.62. The van der Waals surface area contributed by atoms with E-state index in [2.05, 4.69) is 10.1 Å². The second-order valence-corrected chi connectivity index (χ2v) is 7.31. The van der Waals surface area contributed by atoms with Gasteiger partial charge in [0.15, 0.2) is 0 Å². The first-order valence-electron chi connectivity index (χ1n) is 9.38. The maximum Gasteiger partial charge on any atom is 0.416 e. The van der Waals surface area contributed by atoms with E-state index in [0.29, 0.717) is 6.07 Å². The fourth-order valence-electron chi connectivity index (χ4n) is 3.35. The average molecular weight is 454 g/mol. The quantitative estimate of drug-likeness (QED) is 0.578. The number of hydrogen-bond donors (Lipinski definition) is 1. The van der Waals surface area contributed by atoms with Crippen molar-refractivity contribution in [2.75, 3.05) is 7.05 Å². The average Bonchev–Trinajstić information content (AvgIpc) is 3.24. The lowest BCUT2D eigenvalue weighted by Crippen LogP contribution is -2.52. The van der Waals surface area contributed by atoms with Gasteiger partial charge in [-0.05, 0) is 37.3 Å². The van der Waals surface area contributed by atoms with E-state index in [9.17, 15) is 31.9 Å². The van der Waals surface area contributed by atoms with E-state index in [0.717, 1.165) is 41.3 Å². The standard InChI is InChI=1S/C21H19F5N4O2/c1-13(29(2)19(31)14-3-5-15(6-4-14)21(24,25)26)20(32,10-30-12-27-11-28-30)17-8-7-16(22)9-18(17)23/h3-9,11-13,32H,10H2,1-2H3/t13-,20?/m1/s1. The molecule has 2 aromatic carbocycles. The Morgan fingerprint density at radius 3 is 2.34 bits per heavy atom. The molecular formula is C21H19F5N4O2. The van der Waals surface area contributed by atoms with Crippen LogP contribution in [0.3, 0.4) is 0 Å². The number of carbonyl (C=O) groups excluding carboxylic acids is 1. The molecule has 1 N–H and O–H groups in total. The van der Waals surface area contributed by atoms with Crippen molar-refractivity contribution in [1.82, 2.24) is 19.7 Å². The molecule has 0 aliphatic carbocycles. The number of aliphatic hydroxyl groups is 1. The Morgan fingerprint density at radius 2 is 1.81 bits per heavy atom. The van der Waals surface area contributed by atoms with Gasteiger partial charge in [-0.3, -0.25) is 4.79 Å². The Balaban J connectivity index is 1.96. The van der Waals surface area contributed by atoms with E-state index >= 15 is 0 Å². The molecule has 32 heavy (non-hydrogen) atoms. The van der Waals surface area contributed by atoms with Gasteiger partial charge in [0.1, 0.15) is 29.9 Å². The number of nitrogens with zero attached hydrogens (tertiary/aromatic N) is 4. The molecule has 1 aromatic heterocycles. The zero-order chi connectivity index (χ0) is 23.7. The smallest absolute Gasteiger partial charge is 0.381 e. The Kier molecular flexibility index (Phi) is 6.31. The van der Waals surface area contributed by atoms with Gasteiger partial charge in [-0.2, -0.15) is 18.3 Å². The summed E-state index contributed by atoms with van der Waals surface area (Å²) in [6.07, 6.45) is -2.08. The number of likely N-dealkylation sites (N-methyl/N-ethyl adjacent to an activating group) is 1. The number of amides is 1. The van der Waals surface area contributed by atoms with Crippen LogP contribution in [0.4, 0.5) is 22.0 Å². The Labute approximate surface area is 179 Å². The summed E-state index contributed by atoms with van der Waals surface area (Å²) in [5.74, 6) is -2.59. The molecule has 0 spiro atoms. The van der Waals surface area contributed by atoms with Crippen molar-refractivity contribution in [3.8, 4) is 0 Å². The maximum absolute atomic E-state index is 14.6. The minimum atomic E-state index is -4.56. The van der Waals surface area contributed by atoms with Crippen LogP contribution in [0.5, 0.6) is 0 Å². The summed E-state index contributed by atoms with van der Waals surface area (Å²) in [4.78, 5) is 17.7. The molecule has 1 amide bonds. The summed E-state index contributed by atoms with van der Waals surface area (Å²) in [6.45, 7) is 1.10. The molecule has 0 radical (unpaired) electrons. The number of carbonyl (C=O) groups is 1. The monoisotopic (exact) mass is 454 g/mol. The van der Waals surface area contributed by atoms with Crippen LogP contribution >= 0.6 is 0 Å². The second kappa shape index (κ2) is 8.65. The van der Waals surface area contributed by atoms with Crippen molar-refractivity contribution in [2.45, 2.75) is 31.3 Å². The maximum atomic E-state index is 14.6. The molecule has 0 fully saturated rings. The van der Waals surface area contributed by atoms with Gasteiger partial charge >= 0.3 is 6.18 Å². The summed E-state index contributed by atoms with van der Waals surface area (Å²) in [6, 6.07) is 5.10. The number of benzene rings is 2. The molecule has 3 aromatic rings. The summed E-state index contributed by atoms with van der Waals surface area (Å²) in [5, 5.41) is 15.4. The first kappa shape index (κ1) is 23.3. The number of rotatable bonds is 6. The van der Waals surface area contributed by atoms with Gasteiger partial charge in [-0.15, -0.1) is 0 Å². The SMILES string of the molecule is C[C@@H](N(C)C(=O)c1ccc(C(F)(F)F)cc1)C(O)(Cn1cncn1)c1ccc(F)cc1F. The highest BCUT2D eigenvalue weighted by Crippen LogP contribution is 2.33. The van der Waals surface area contributed by atoms with Crippen LogP contribution in [0.1, 0.15) is 28.4 Å². The molecule has 170 valence electrons. The molecule has 1 heterocycles. The van der Waals surface area contributed by atoms with Gasteiger partial charge in [-0.25, -0.2) is 18.4 Å². The van der Waals surface area contributed by atoms with Crippen molar-refractivity contribution in [2.24, 2.45) is 0 Å². The van der Waals surface area contributed by atoms with Crippen LogP contribution < -0.4 is 0 Å². The second-order valence-electron chi connectivity index (χ2n) is 7.31. The predicted molar refractivity (Wildman–Crippen MR) is 103 cm³/mol. The lowest BCUT2D eigenvalue weighted by molar-refractivity contribution is -0.137. The Morgan fingerprint density at radius 1 is 1.16 bits per heavy atom. The summed E-state index contributed by atoms with van der Waals surface area (Å²) >= 11 is 0. The van der Waals surface area contributed by atoms with E-state index < -0.39 is 40.9 Å². The Hall–Kier alpha value is -3.34. The van der Waals surface area contributed by atoms with Gasteiger partial charge in [-0.1, -0.05) is 6.07 Å². The summed E-state index contributed by atoms with van der Waals surface area (Å²) in [5.41, 5.74) is -3.34. The van der Waals surface area contributed by atoms with Gasteiger partial charge in [0.05, 0.1) is 18.2 Å². The molecule has 0 saturated carbocycles. The van der Waals surface area contributed by atoms with Gasteiger partial charge in [0.25, 0.3) is 5.91 Å². The minimum absolute atomic E-state index is 0.0602. The van der Waals surface area contributed by atoms with Gasteiger partial charge in [0, 0.05) is 24.2 Å². The fourth-order valence-corrected chi connectivity index (χ4v) is 3.35. The van der Waals surface area contributed by atoms with Crippen molar-refractivity contribution in [3.63, 3.8) is 0 Å². The molecule has 2 atom stereocenters. The highest BCUT2D eigenvalue weighted by Gasteiger charge is 2.42. The number of aromatic nitrogens is 3. The molecule has 6 nitrogen and oxygen atoms in total. The number of alkyl halides is 3. The van der Waals surface area contributed by atoms with E-state index in [-0.39, 0.29) is 17.7 Å². The molecule has 0 aliphatic rings. The molecule has 11 heteroatoms. The van der Waals surface area contributed by atoms with Crippen LogP contribution in [0.25, 0.3) is 0 Å². The number of hydrogen-bond acceptors (Lipinski definition) is 4. The van der Waals surface area contributed by atoms with Crippen LogP contribution in [-0.4, -0.2) is 43.8 Å². The molecule has 1 unspecified atom stereocenters. The van der Waals surface area contributed by atoms with Crippen LogP contribution in [0.15, 0.2) is 55.1 Å². The molecule has 3 rings (SSSR count).